The van der Waals surface area contributed by atoms with Crippen molar-refractivity contribution >= 4 is 28.9 Å². The maximum Gasteiger partial charge on any atom is 0.368 e. The van der Waals surface area contributed by atoms with Crippen molar-refractivity contribution in [2.45, 2.75) is 0 Å². The summed E-state index contributed by atoms with van der Waals surface area (Å²) < 4.78 is 0. The van der Waals surface area contributed by atoms with Crippen LogP contribution in [0.5, 0.6) is 5.75 Å². The minimum atomic E-state index is -0.613. The third-order valence-electron chi connectivity index (χ3n) is 3.96. The predicted octanol–water partition coefficient (Wildman–Crippen LogP) is 2.15. The van der Waals surface area contributed by atoms with Crippen LogP contribution in [0, 0.1) is 0 Å². The molecule has 1 aliphatic rings. The average molecular weight is 317 g/mol. The van der Waals surface area contributed by atoms with E-state index in [4.69, 9.17) is 0 Å². The molecule has 0 saturated heterocycles. The van der Waals surface area contributed by atoms with E-state index in [-0.39, 0.29) is 5.75 Å². The van der Waals surface area contributed by atoms with Crippen LogP contribution in [0.2, 0.25) is 0 Å². The van der Waals surface area contributed by atoms with Crippen molar-refractivity contribution in [3.8, 4) is 16.9 Å². The summed E-state index contributed by atoms with van der Waals surface area (Å²) in [5.41, 5.74) is 1.49. The monoisotopic (exact) mass is 317 g/mol. The van der Waals surface area contributed by atoms with Crippen LogP contribution in [0.15, 0.2) is 58.5 Å². The maximum absolute atomic E-state index is 11.5. The van der Waals surface area contributed by atoms with Gasteiger partial charge in [-0.1, -0.05) is 30.3 Å². The molecule has 116 valence electrons. The van der Waals surface area contributed by atoms with E-state index in [0.29, 0.717) is 33.9 Å². The molecule has 0 bridgehead atoms. The Bertz CT molecular complexity index is 1140. The quantitative estimate of drug-likeness (QED) is 0.725. The van der Waals surface area contributed by atoms with Crippen LogP contribution in [-0.4, -0.2) is 17.5 Å². The Kier molecular flexibility index (Phi) is 3.09. The van der Waals surface area contributed by atoms with Gasteiger partial charge in [0.15, 0.2) is 0 Å². The highest BCUT2D eigenvalue weighted by molar-refractivity contribution is 6.03. The lowest BCUT2D eigenvalue weighted by Crippen LogP contribution is -2.26. The smallest absolute Gasteiger partial charge is 0.368 e. The Hall–Kier alpha value is -3.54. The van der Waals surface area contributed by atoms with Gasteiger partial charge in [-0.2, -0.15) is 9.98 Å². The van der Waals surface area contributed by atoms with Gasteiger partial charge in [-0.05, 0) is 29.0 Å². The highest BCUT2D eigenvalue weighted by Crippen LogP contribution is 2.38. The molecule has 0 saturated carbocycles. The zero-order valence-electron chi connectivity index (χ0n) is 12.4. The number of carbonyl (C=O) groups is 2. The summed E-state index contributed by atoms with van der Waals surface area (Å²) in [6.45, 7) is 0. The minimum Gasteiger partial charge on any atom is -0.507 e. The molecule has 0 unspecified atom stereocenters. The van der Waals surface area contributed by atoms with Crippen molar-refractivity contribution in [3.05, 3.63) is 59.2 Å². The third kappa shape index (κ3) is 2.04. The molecule has 0 radical (unpaired) electrons. The van der Waals surface area contributed by atoms with E-state index in [1.807, 2.05) is 30.3 Å². The molecule has 3 aromatic rings. The van der Waals surface area contributed by atoms with Gasteiger partial charge in [-0.3, -0.25) is 4.79 Å². The largest absolute Gasteiger partial charge is 0.507 e. The lowest BCUT2D eigenvalue weighted by Gasteiger charge is -2.13. The summed E-state index contributed by atoms with van der Waals surface area (Å²) in [4.78, 5) is 30.2. The van der Waals surface area contributed by atoms with Crippen LogP contribution in [0.4, 0.5) is 10.5 Å². The molecule has 1 heterocycles. The number of hydrogen-bond donors (Lipinski definition) is 2. The van der Waals surface area contributed by atoms with Crippen LogP contribution in [0.3, 0.4) is 0 Å². The summed E-state index contributed by atoms with van der Waals surface area (Å²) in [5, 5.41) is 15.5. The van der Waals surface area contributed by atoms with Gasteiger partial charge >= 0.3 is 6.03 Å². The predicted molar refractivity (Wildman–Crippen MR) is 88.4 cm³/mol. The Morgan fingerprint density at radius 2 is 1.83 bits per heavy atom. The second-order valence-corrected chi connectivity index (χ2v) is 5.31. The molecule has 6 heteroatoms. The first kappa shape index (κ1) is 14.1. The number of urea groups is 1. The lowest BCUT2D eigenvalue weighted by atomic mass is 9.95. The van der Waals surface area contributed by atoms with Crippen molar-refractivity contribution in [2.75, 3.05) is 5.32 Å². The number of anilines is 1. The second-order valence-electron chi connectivity index (χ2n) is 5.31. The Morgan fingerprint density at radius 1 is 1.00 bits per heavy atom. The SMILES string of the molecule is O=CNc1c(-c2c(O)ccc3ccccc23)ccc2c1=NC(=O)N=2. The van der Waals surface area contributed by atoms with Gasteiger partial charge in [0.2, 0.25) is 6.41 Å². The van der Waals surface area contributed by atoms with Crippen LogP contribution >= 0.6 is 0 Å². The molecular formula is C18H11N3O3. The number of phenolic OH excluding ortho intramolecular Hbond substituents is 1. The minimum absolute atomic E-state index is 0.0730. The van der Waals surface area contributed by atoms with Gasteiger partial charge in [0, 0.05) is 11.1 Å². The van der Waals surface area contributed by atoms with Gasteiger partial charge in [0.05, 0.1) is 11.0 Å². The molecular weight excluding hydrogens is 306 g/mol. The number of carbonyl (C=O) groups excluding carboxylic acids is 2. The number of amides is 3. The zero-order valence-corrected chi connectivity index (χ0v) is 12.4. The van der Waals surface area contributed by atoms with Crippen molar-refractivity contribution < 1.29 is 14.7 Å². The van der Waals surface area contributed by atoms with E-state index < -0.39 is 6.03 Å². The lowest BCUT2D eigenvalue weighted by molar-refractivity contribution is -0.105. The number of benzene rings is 3. The molecule has 3 aromatic carbocycles. The number of rotatable bonds is 3. The number of hydrogen-bond acceptors (Lipinski definition) is 3. The topological polar surface area (TPSA) is 91.1 Å². The van der Waals surface area contributed by atoms with Crippen molar-refractivity contribution in [2.24, 2.45) is 9.98 Å². The molecule has 4 rings (SSSR count). The fourth-order valence-corrected chi connectivity index (χ4v) is 2.96. The average Bonchev–Trinajstić information content (AvgIpc) is 2.97. The highest BCUT2D eigenvalue weighted by Gasteiger charge is 2.18. The number of nitrogens with one attached hydrogen (secondary N) is 1. The highest BCUT2D eigenvalue weighted by atomic mass is 16.3. The molecule has 2 N–H and O–H groups in total. The molecule has 1 aliphatic heterocycles. The molecule has 6 nitrogen and oxygen atoms in total. The molecule has 3 amide bonds. The summed E-state index contributed by atoms with van der Waals surface area (Å²) in [6, 6.07) is 13.8. The van der Waals surface area contributed by atoms with Crippen LogP contribution < -0.4 is 16.0 Å². The van der Waals surface area contributed by atoms with Crippen LogP contribution in [0.25, 0.3) is 21.9 Å². The van der Waals surface area contributed by atoms with Crippen molar-refractivity contribution in [1.29, 1.82) is 0 Å². The van der Waals surface area contributed by atoms with E-state index in [1.54, 1.807) is 18.2 Å². The van der Waals surface area contributed by atoms with E-state index in [1.165, 1.54) is 0 Å². The van der Waals surface area contributed by atoms with Crippen LogP contribution in [-0.2, 0) is 4.79 Å². The van der Waals surface area contributed by atoms with E-state index in [0.717, 1.165) is 10.8 Å². The molecule has 0 spiro atoms. The van der Waals surface area contributed by atoms with E-state index in [9.17, 15) is 14.7 Å². The number of aromatic hydroxyl groups is 1. The van der Waals surface area contributed by atoms with Gasteiger partial charge in [0.25, 0.3) is 0 Å². The number of phenols is 1. The molecule has 0 aliphatic carbocycles. The Morgan fingerprint density at radius 3 is 2.67 bits per heavy atom. The number of fused-ring (bicyclic) bond motifs is 2. The first-order chi connectivity index (χ1) is 11.7. The van der Waals surface area contributed by atoms with Crippen molar-refractivity contribution in [3.63, 3.8) is 0 Å². The van der Waals surface area contributed by atoms with Crippen molar-refractivity contribution in [1.82, 2.24) is 0 Å². The summed E-state index contributed by atoms with van der Waals surface area (Å²) in [7, 11) is 0. The maximum atomic E-state index is 11.5. The van der Waals surface area contributed by atoms with Gasteiger partial charge in [-0.25, -0.2) is 4.79 Å². The van der Waals surface area contributed by atoms with Gasteiger partial charge < -0.3 is 10.4 Å². The molecule has 0 atom stereocenters. The second kappa shape index (κ2) is 5.27. The first-order valence-corrected chi connectivity index (χ1v) is 7.25. The van der Waals surface area contributed by atoms with Gasteiger partial charge in [0.1, 0.15) is 11.1 Å². The third-order valence-corrected chi connectivity index (χ3v) is 3.96. The fraction of sp³-hybridized carbons (Fsp3) is 0. The first-order valence-electron chi connectivity index (χ1n) is 7.25. The summed E-state index contributed by atoms with van der Waals surface area (Å²) in [6.07, 6.45) is 0.513. The van der Waals surface area contributed by atoms with Crippen LogP contribution in [0.1, 0.15) is 0 Å². The molecule has 0 fully saturated rings. The Labute approximate surface area is 135 Å². The molecule has 0 aromatic heterocycles. The van der Waals surface area contributed by atoms with E-state index >= 15 is 0 Å². The fourth-order valence-electron chi connectivity index (χ4n) is 2.96. The zero-order chi connectivity index (χ0) is 16.7. The number of nitrogens with zero attached hydrogens (tertiary/aromatic N) is 2. The molecule has 24 heavy (non-hydrogen) atoms. The van der Waals surface area contributed by atoms with Gasteiger partial charge in [-0.15, -0.1) is 0 Å². The summed E-state index contributed by atoms with van der Waals surface area (Å²) >= 11 is 0. The standard InChI is InChI=1S/C18H11N3O3/c22-9-19-16-12(6-7-13-17(16)21-18(24)20-13)15-11-4-2-1-3-10(11)5-8-14(15)23/h1-9,23H,(H,19,22). The normalized spacial score (nSPS) is 12.4. The van der Waals surface area contributed by atoms with E-state index in [2.05, 4.69) is 15.3 Å². The summed E-state index contributed by atoms with van der Waals surface area (Å²) in [5.74, 6) is 0.0730. The Balaban J connectivity index is 2.14.